The van der Waals surface area contributed by atoms with Gasteiger partial charge in [-0.25, -0.2) is 0 Å². The van der Waals surface area contributed by atoms with Crippen LogP contribution in [0, 0.1) is 0 Å². The molecule has 0 aliphatic heterocycles. The minimum Gasteiger partial charge on any atom is -0.358 e. The average Bonchev–Trinajstić information content (AvgIpc) is 2.28. The van der Waals surface area contributed by atoms with E-state index in [0.717, 1.165) is 12.0 Å². The summed E-state index contributed by atoms with van der Waals surface area (Å²) in [6, 6.07) is 9.91. The molecular formula is C12H16N2OS. The van der Waals surface area contributed by atoms with Gasteiger partial charge in [-0.1, -0.05) is 37.3 Å². The van der Waals surface area contributed by atoms with Crippen LogP contribution in [0.15, 0.2) is 30.3 Å². The lowest BCUT2D eigenvalue weighted by Crippen LogP contribution is -2.38. The summed E-state index contributed by atoms with van der Waals surface area (Å²) in [5.41, 5.74) is 1.13. The molecule has 1 aromatic rings. The summed E-state index contributed by atoms with van der Waals surface area (Å²) in [5.74, 6) is -0.0342. The Morgan fingerprint density at radius 1 is 1.31 bits per heavy atom. The molecule has 0 fully saturated rings. The molecule has 0 unspecified atom stereocenters. The van der Waals surface area contributed by atoms with E-state index in [1.165, 1.54) is 0 Å². The predicted molar refractivity (Wildman–Crippen MR) is 68.9 cm³/mol. The molecule has 0 aliphatic rings. The first-order valence-electron chi connectivity index (χ1n) is 5.34. The summed E-state index contributed by atoms with van der Waals surface area (Å²) in [7, 11) is 0. The molecule has 0 saturated carbocycles. The van der Waals surface area contributed by atoms with Crippen molar-refractivity contribution in [3.05, 3.63) is 35.9 Å². The molecular weight excluding hydrogens is 220 g/mol. The highest BCUT2D eigenvalue weighted by molar-refractivity contribution is 7.80. The first-order chi connectivity index (χ1) is 7.72. The van der Waals surface area contributed by atoms with E-state index in [9.17, 15) is 4.79 Å². The molecule has 4 heteroatoms. The van der Waals surface area contributed by atoms with Crippen LogP contribution in [0.4, 0.5) is 0 Å². The highest BCUT2D eigenvalue weighted by Gasteiger charge is 2.02. The zero-order chi connectivity index (χ0) is 11.8. The number of benzene rings is 1. The molecule has 1 aromatic carbocycles. The predicted octanol–water partition coefficient (Wildman–Crippen LogP) is 1.98. The Morgan fingerprint density at radius 3 is 2.62 bits per heavy atom. The topological polar surface area (TPSA) is 41.1 Å². The van der Waals surface area contributed by atoms with Crippen LogP contribution in [0.3, 0.4) is 0 Å². The van der Waals surface area contributed by atoms with Gasteiger partial charge in [0.25, 0.3) is 0 Å². The summed E-state index contributed by atoms with van der Waals surface area (Å²) in [5, 5.41) is 6.01. The number of nitrogens with one attached hydrogen (secondary N) is 2. The maximum Gasteiger partial charge on any atom is 0.226 e. The van der Waals surface area contributed by atoms with Crippen LogP contribution in [0.5, 0.6) is 0 Å². The number of hydrogen-bond acceptors (Lipinski definition) is 2. The third-order valence-corrected chi connectivity index (χ3v) is 2.27. The van der Waals surface area contributed by atoms with Gasteiger partial charge in [0.05, 0.1) is 0 Å². The zero-order valence-corrected chi connectivity index (χ0v) is 10.1. The summed E-state index contributed by atoms with van der Waals surface area (Å²) < 4.78 is 0. The molecule has 0 saturated heterocycles. The van der Waals surface area contributed by atoms with Crippen molar-refractivity contribution < 1.29 is 4.79 Å². The van der Waals surface area contributed by atoms with Crippen molar-refractivity contribution in [1.29, 1.82) is 0 Å². The van der Waals surface area contributed by atoms with Gasteiger partial charge in [0, 0.05) is 13.0 Å². The van der Waals surface area contributed by atoms with Crippen molar-refractivity contribution >= 4 is 23.2 Å². The molecule has 0 heterocycles. The van der Waals surface area contributed by atoms with Gasteiger partial charge in [0.2, 0.25) is 5.91 Å². The molecule has 0 bridgehead atoms. The van der Waals surface area contributed by atoms with Crippen LogP contribution in [-0.2, 0) is 11.3 Å². The van der Waals surface area contributed by atoms with Crippen LogP contribution in [-0.4, -0.2) is 11.0 Å². The largest absolute Gasteiger partial charge is 0.358 e. The van der Waals surface area contributed by atoms with Crippen LogP contribution >= 0.6 is 12.2 Å². The normalized spacial score (nSPS) is 9.56. The van der Waals surface area contributed by atoms with Gasteiger partial charge >= 0.3 is 0 Å². The second-order valence-electron chi connectivity index (χ2n) is 3.47. The van der Waals surface area contributed by atoms with Crippen molar-refractivity contribution in [1.82, 2.24) is 10.6 Å². The number of rotatable bonds is 4. The summed E-state index contributed by atoms with van der Waals surface area (Å²) in [6.07, 6.45) is 1.33. The third-order valence-electron chi connectivity index (χ3n) is 2.03. The average molecular weight is 236 g/mol. The molecule has 3 nitrogen and oxygen atoms in total. The first kappa shape index (κ1) is 12.6. The van der Waals surface area contributed by atoms with E-state index in [4.69, 9.17) is 12.2 Å². The molecule has 0 spiro atoms. The molecule has 2 N–H and O–H groups in total. The van der Waals surface area contributed by atoms with Gasteiger partial charge in [-0.15, -0.1) is 0 Å². The Bertz CT molecular complexity index is 351. The van der Waals surface area contributed by atoms with Crippen LogP contribution in [0.1, 0.15) is 25.3 Å². The van der Waals surface area contributed by atoms with Crippen molar-refractivity contribution in [3.8, 4) is 0 Å². The maximum absolute atomic E-state index is 11.2. The number of thiocarbonyl (C=S) groups is 1. The second-order valence-corrected chi connectivity index (χ2v) is 3.87. The Hall–Kier alpha value is -1.42. The van der Waals surface area contributed by atoms with Gasteiger partial charge in [-0.3, -0.25) is 4.79 Å². The molecule has 1 amide bonds. The SMILES string of the molecule is CCCC(=O)NC(=S)NCc1ccccc1. The second kappa shape index (κ2) is 6.95. The highest BCUT2D eigenvalue weighted by atomic mass is 32.1. The van der Waals surface area contributed by atoms with Gasteiger partial charge < -0.3 is 10.6 Å². The van der Waals surface area contributed by atoms with Crippen LogP contribution in [0.25, 0.3) is 0 Å². The monoisotopic (exact) mass is 236 g/mol. The molecule has 0 atom stereocenters. The van der Waals surface area contributed by atoms with Crippen molar-refractivity contribution in [2.75, 3.05) is 0 Å². The highest BCUT2D eigenvalue weighted by Crippen LogP contribution is 1.96. The molecule has 86 valence electrons. The van der Waals surface area contributed by atoms with Crippen LogP contribution in [0.2, 0.25) is 0 Å². The lowest BCUT2D eigenvalue weighted by atomic mass is 10.2. The Morgan fingerprint density at radius 2 is 2.00 bits per heavy atom. The fourth-order valence-corrected chi connectivity index (χ4v) is 1.42. The van der Waals surface area contributed by atoms with E-state index in [1.54, 1.807) is 0 Å². The van der Waals surface area contributed by atoms with E-state index in [0.29, 0.717) is 18.1 Å². The van der Waals surface area contributed by atoms with Gasteiger partial charge in [-0.05, 0) is 24.2 Å². The zero-order valence-electron chi connectivity index (χ0n) is 9.32. The number of hydrogen-bond donors (Lipinski definition) is 2. The molecule has 0 aliphatic carbocycles. The fourth-order valence-electron chi connectivity index (χ4n) is 1.24. The van der Waals surface area contributed by atoms with E-state index >= 15 is 0 Å². The standard InChI is InChI=1S/C12H16N2OS/c1-2-6-11(15)14-12(16)13-9-10-7-4-3-5-8-10/h3-5,7-8H,2,6,9H2,1H3,(H2,13,14,15,16). The number of amides is 1. The van der Waals surface area contributed by atoms with Crippen molar-refractivity contribution in [2.24, 2.45) is 0 Å². The maximum atomic E-state index is 11.2. The van der Waals surface area contributed by atoms with E-state index < -0.39 is 0 Å². The summed E-state index contributed by atoms with van der Waals surface area (Å²) >= 11 is 5.00. The van der Waals surface area contributed by atoms with E-state index in [1.807, 2.05) is 37.3 Å². The first-order valence-corrected chi connectivity index (χ1v) is 5.74. The minimum absolute atomic E-state index is 0.0342. The lowest BCUT2D eigenvalue weighted by molar-refractivity contribution is -0.119. The molecule has 16 heavy (non-hydrogen) atoms. The van der Waals surface area contributed by atoms with Crippen LogP contribution < -0.4 is 10.6 Å². The summed E-state index contributed by atoms with van der Waals surface area (Å²) in [6.45, 7) is 2.59. The number of carbonyl (C=O) groups excluding carboxylic acids is 1. The lowest BCUT2D eigenvalue weighted by Gasteiger charge is -2.08. The van der Waals surface area contributed by atoms with Gasteiger partial charge in [-0.2, -0.15) is 0 Å². The van der Waals surface area contributed by atoms with E-state index in [-0.39, 0.29) is 5.91 Å². The van der Waals surface area contributed by atoms with Crippen molar-refractivity contribution in [3.63, 3.8) is 0 Å². The van der Waals surface area contributed by atoms with Crippen molar-refractivity contribution in [2.45, 2.75) is 26.3 Å². The molecule has 0 radical (unpaired) electrons. The number of carbonyl (C=O) groups is 1. The van der Waals surface area contributed by atoms with E-state index in [2.05, 4.69) is 10.6 Å². The van der Waals surface area contributed by atoms with Gasteiger partial charge in [0.1, 0.15) is 0 Å². The smallest absolute Gasteiger partial charge is 0.226 e. The molecule has 0 aromatic heterocycles. The molecule has 1 rings (SSSR count). The fraction of sp³-hybridized carbons (Fsp3) is 0.333. The Labute approximate surface area is 101 Å². The minimum atomic E-state index is -0.0342. The third kappa shape index (κ3) is 4.89. The summed E-state index contributed by atoms with van der Waals surface area (Å²) in [4.78, 5) is 11.2. The quantitative estimate of drug-likeness (QED) is 0.785. The Kier molecular flexibility index (Phi) is 5.50. The van der Waals surface area contributed by atoms with Gasteiger partial charge in [0.15, 0.2) is 5.11 Å². The Balaban J connectivity index is 2.28.